The number of benzene rings is 3. The average Bonchev–Trinajstić information content (AvgIpc) is 3.21. The molecule has 1 aromatic heterocycles. The molecule has 1 N–H and O–H groups in total. The van der Waals surface area contributed by atoms with Crippen LogP contribution in [-0.4, -0.2) is 22.5 Å². The Kier molecular flexibility index (Phi) is 5.96. The fourth-order valence-electron chi connectivity index (χ4n) is 3.39. The van der Waals surface area contributed by atoms with E-state index in [9.17, 15) is 14.4 Å². The first-order valence-electron chi connectivity index (χ1n) is 9.66. The van der Waals surface area contributed by atoms with Crippen LogP contribution in [0.3, 0.4) is 0 Å². The van der Waals surface area contributed by atoms with E-state index in [2.05, 4.69) is 4.98 Å². The number of halogens is 1. The lowest BCUT2D eigenvalue weighted by Gasteiger charge is -2.18. The van der Waals surface area contributed by atoms with Gasteiger partial charge >= 0.3 is 5.97 Å². The van der Waals surface area contributed by atoms with E-state index < -0.39 is 30.1 Å². The number of rotatable bonds is 7. The van der Waals surface area contributed by atoms with Gasteiger partial charge in [0.15, 0.2) is 11.9 Å². The van der Waals surface area contributed by atoms with Crippen molar-refractivity contribution in [1.82, 2.24) is 4.98 Å². The van der Waals surface area contributed by atoms with Crippen LogP contribution in [0.4, 0.5) is 0 Å². The molecule has 0 fully saturated rings. The number of hydrogen-bond acceptors (Lipinski definition) is 4. The molecule has 0 saturated heterocycles. The quantitative estimate of drug-likeness (QED) is 0.186. The van der Waals surface area contributed by atoms with Gasteiger partial charge in [-0.2, -0.15) is 0 Å². The van der Waals surface area contributed by atoms with Crippen molar-refractivity contribution in [2.45, 2.75) is 12.5 Å². The van der Waals surface area contributed by atoms with Crippen molar-refractivity contribution >= 4 is 40.0 Å². The maximum absolute atomic E-state index is 12.7. The molecule has 4 rings (SSSR count). The van der Waals surface area contributed by atoms with Crippen LogP contribution >= 0.6 is 11.6 Å². The molecule has 5 nitrogen and oxygen atoms in total. The Morgan fingerprint density at radius 2 is 1.48 bits per heavy atom. The summed E-state index contributed by atoms with van der Waals surface area (Å²) in [4.78, 5) is 40.7. The van der Waals surface area contributed by atoms with E-state index >= 15 is 0 Å². The van der Waals surface area contributed by atoms with Crippen LogP contribution in [0, 0.1) is 0 Å². The number of fused-ring (bicyclic) bond motifs is 1. The number of esters is 1. The van der Waals surface area contributed by atoms with E-state index in [0.717, 1.165) is 16.6 Å². The molecule has 6 heteroatoms. The normalized spacial score (nSPS) is 10.9. The van der Waals surface area contributed by atoms with Crippen LogP contribution in [0.2, 0.25) is 5.02 Å². The Bertz CT molecular complexity index is 1210. The highest BCUT2D eigenvalue weighted by molar-refractivity contribution is 6.38. The first-order chi connectivity index (χ1) is 15.0. The van der Waals surface area contributed by atoms with Gasteiger partial charge in [0.05, 0.1) is 6.42 Å². The summed E-state index contributed by atoms with van der Waals surface area (Å²) in [7, 11) is 0. The average molecular weight is 432 g/mol. The van der Waals surface area contributed by atoms with Gasteiger partial charge in [-0.25, -0.2) is 4.79 Å². The zero-order valence-electron chi connectivity index (χ0n) is 16.4. The fraction of sp³-hybridized carbons (Fsp3) is 0.0800. The summed E-state index contributed by atoms with van der Waals surface area (Å²) >= 11 is 6.02. The lowest BCUT2D eigenvalue weighted by molar-refractivity contribution is -0.156. The largest absolute Gasteiger partial charge is 0.447 e. The summed E-state index contributed by atoms with van der Waals surface area (Å²) in [5.41, 5.74) is 2.48. The Morgan fingerprint density at radius 3 is 2.10 bits per heavy atom. The minimum absolute atomic E-state index is 0.307. The topological polar surface area (TPSA) is 76.2 Å². The van der Waals surface area contributed by atoms with E-state index in [1.807, 2.05) is 60.7 Å². The molecule has 0 bridgehead atoms. The van der Waals surface area contributed by atoms with Crippen LogP contribution in [-0.2, 0) is 14.3 Å². The molecular formula is C25H18ClNO4. The van der Waals surface area contributed by atoms with Gasteiger partial charge in [0.1, 0.15) is 0 Å². The zero-order valence-corrected chi connectivity index (χ0v) is 17.1. The molecule has 0 saturated carbocycles. The van der Waals surface area contributed by atoms with Crippen molar-refractivity contribution in [3.63, 3.8) is 0 Å². The van der Waals surface area contributed by atoms with Crippen molar-refractivity contribution in [1.29, 1.82) is 0 Å². The highest BCUT2D eigenvalue weighted by atomic mass is 35.5. The van der Waals surface area contributed by atoms with Crippen molar-refractivity contribution in [2.75, 3.05) is 0 Å². The first kappa shape index (κ1) is 20.6. The second kappa shape index (κ2) is 8.98. The van der Waals surface area contributed by atoms with Crippen molar-refractivity contribution in [3.8, 4) is 0 Å². The molecular weight excluding hydrogens is 414 g/mol. The molecule has 0 aliphatic rings. The summed E-state index contributed by atoms with van der Waals surface area (Å²) in [6, 6.07) is 23.4. The van der Waals surface area contributed by atoms with Gasteiger partial charge in [-0.1, -0.05) is 72.3 Å². The van der Waals surface area contributed by atoms with Gasteiger partial charge in [-0.05, 0) is 29.3 Å². The maximum Gasteiger partial charge on any atom is 0.376 e. The minimum Gasteiger partial charge on any atom is -0.447 e. The molecule has 3 aromatic carbocycles. The van der Waals surface area contributed by atoms with Crippen LogP contribution in [0.5, 0.6) is 0 Å². The fourth-order valence-corrected chi connectivity index (χ4v) is 3.57. The highest BCUT2D eigenvalue weighted by Crippen LogP contribution is 2.27. The summed E-state index contributed by atoms with van der Waals surface area (Å²) < 4.78 is 5.54. The molecule has 31 heavy (non-hydrogen) atoms. The molecule has 1 heterocycles. The van der Waals surface area contributed by atoms with Gasteiger partial charge in [-0.3, -0.25) is 9.59 Å². The van der Waals surface area contributed by atoms with Crippen LogP contribution < -0.4 is 0 Å². The molecule has 0 aliphatic heterocycles. The Balaban J connectivity index is 1.52. The summed E-state index contributed by atoms with van der Waals surface area (Å²) in [6.07, 6.45) is 0.175. The van der Waals surface area contributed by atoms with Gasteiger partial charge in [0.25, 0.3) is 0 Å². The Hall–Kier alpha value is -3.70. The third-order valence-corrected chi connectivity index (χ3v) is 5.16. The van der Waals surface area contributed by atoms with Crippen LogP contribution in [0.25, 0.3) is 10.9 Å². The third-order valence-electron chi connectivity index (χ3n) is 4.92. The Morgan fingerprint density at radius 1 is 0.871 bits per heavy atom. The number of ketones is 2. The van der Waals surface area contributed by atoms with E-state index in [-0.39, 0.29) is 0 Å². The molecule has 0 radical (unpaired) electrons. The maximum atomic E-state index is 12.7. The standard InChI is InChI=1S/C25H18ClNO4/c26-18-11-12-21-19(13-18)20(15-27-21)22(28)14-23(29)25(30)31-24(16-7-3-1-4-8-16)17-9-5-2-6-10-17/h1-13,15,24,27H,14H2. The SMILES string of the molecule is O=C(CC(=O)c1c[nH]c2ccc(Cl)cc12)C(=O)OC(c1ccccc1)c1ccccc1. The summed E-state index contributed by atoms with van der Waals surface area (Å²) in [6.45, 7) is 0. The molecule has 154 valence electrons. The number of nitrogens with one attached hydrogen (secondary N) is 1. The molecule has 0 amide bonds. The second-order valence-corrected chi connectivity index (χ2v) is 7.46. The lowest BCUT2D eigenvalue weighted by Crippen LogP contribution is -2.23. The minimum atomic E-state index is -1.05. The van der Waals surface area contributed by atoms with E-state index in [0.29, 0.717) is 16.0 Å². The summed E-state index contributed by atoms with van der Waals surface area (Å²) in [5.74, 6) is -2.44. The number of aromatic amines is 1. The molecule has 0 aliphatic carbocycles. The number of ether oxygens (including phenoxy) is 1. The van der Waals surface area contributed by atoms with Crippen molar-refractivity contribution in [3.05, 3.63) is 107 Å². The number of Topliss-reactive ketones (excluding diaryl/α,β-unsaturated/α-hetero) is 2. The number of H-pyrrole nitrogens is 1. The smallest absolute Gasteiger partial charge is 0.376 e. The van der Waals surface area contributed by atoms with Gasteiger partial charge in [0, 0.05) is 27.7 Å². The second-order valence-electron chi connectivity index (χ2n) is 7.02. The van der Waals surface area contributed by atoms with Crippen LogP contribution in [0.1, 0.15) is 34.0 Å². The van der Waals surface area contributed by atoms with Crippen molar-refractivity contribution in [2.24, 2.45) is 0 Å². The number of carbonyl (C=O) groups is 3. The molecule has 0 atom stereocenters. The van der Waals surface area contributed by atoms with E-state index in [1.54, 1.807) is 18.2 Å². The Labute approximate surface area is 183 Å². The zero-order chi connectivity index (χ0) is 21.8. The lowest BCUT2D eigenvalue weighted by atomic mass is 10.0. The van der Waals surface area contributed by atoms with E-state index in [4.69, 9.17) is 16.3 Å². The van der Waals surface area contributed by atoms with Crippen molar-refractivity contribution < 1.29 is 19.1 Å². The number of hydrogen-bond donors (Lipinski definition) is 1. The predicted octanol–water partition coefficient (Wildman–Crippen LogP) is 5.30. The van der Waals surface area contributed by atoms with E-state index in [1.165, 1.54) is 6.20 Å². The van der Waals surface area contributed by atoms with Gasteiger partial charge in [-0.15, -0.1) is 0 Å². The molecule has 0 unspecified atom stereocenters. The van der Waals surface area contributed by atoms with Gasteiger partial charge in [0.2, 0.25) is 5.78 Å². The number of aromatic nitrogens is 1. The number of carbonyl (C=O) groups excluding carboxylic acids is 3. The predicted molar refractivity (Wildman–Crippen MR) is 118 cm³/mol. The molecule has 4 aromatic rings. The molecule has 0 spiro atoms. The van der Waals surface area contributed by atoms with Gasteiger partial charge < -0.3 is 9.72 Å². The monoisotopic (exact) mass is 431 g/mol. The summed E-state index contributed by atoms with van der Waals surface area (Å²) in [5, 5.41) is 1.07. The first-order valence-corrected chi connectivity index (χ1v) is 10.0. The highest BCUT2D eigenvalue weighted by Gasteiger charge is 2.26. The third kappa shape index (κ3) is 4.57. The van der Waals surface area contributed by atoms with Crippen LogP contribution in [0.15, 0.2) is 85.1 Å².